The molecule has 1 N–H and O–H groups in total. The van der Waals surface area contributed by atoms with Crippen LogP contribution in [0.1, 0.15) is 12.8 Å². The van der Waals surface area contributed by atoms with Crippen molar-refractivity contribution >= 4 is 5.78 Å². The molecule has 2 heterocycles. The summed E-state index contributed by atoms with van der Waals surface area (Å²) in [6.07, 6.45) is 2.14. The van der Waals surface area contributed by atoms with Crippen LogP contribution in [0.2, 0.25) is 0 Å². The molecule has 3 heteroatoms. The van der Waals surface area contributed by atoms with Crippen molar-refractivity contribution in [2.24, 2.45) is 5.92 Å². The molecule has 0 bridgehead atoms. The summed E-state index contributed by atoms with van der Waals surface area (Å²) in [4.78, 5) is 11.0. The average Bonchev–Trinajstić information content (AvgIpc) is 2.04. The number of Topliss-reactive ketones (excluding diaryl/α,β-unsaturated/α-hetero) is 1. The number of ether oxygens (including phenoxy) is 1. The normalized spacial score (nSPS) is 38.4. The maximum Gasteiger partial charge on any atom is 0.158 e. The second kappa shape index (κ2) is 2.91. The van der Waals surface area contributed by atoms with Gasteiger partial charge in [-0.2, -0.15) is 0 Å². The first-order valence-corrected chi connectivity index (χ1v) is 4.20. The fourth-order valence-corrected chi connectivity index (χ4v) is 1.87. The number of ketones is 1. The van der Waals surface area contributed by atoms with E-state index in [2.05, 4.69) is 5.32 Å². The van der Waals surface area contributed by atoms with Crippen molar-refractivity contribution < 1.29 is 9.53 Å². The van der Waals surface area contributed by atoms with E-state index in [0.29, 0.717) is 18.6 Å². The molecule has 0 spiro atoms. The molecule has 2 atom stereocenters. The molecule has 11 heavy (non-hydrogen) atoms. The SMILES string of the molecule is O=C1COC2CCNCC2C1. The third-order valence-corrected chi connectivity index (χ3v) is 2.49. The summed E-state index contributed by atoms with van der Waals surface area (Å²) in [7, 11) is 0. The van der Waals surface area contributed by atoms with Crippen molar-refractivity contribution in [3.63, 3.8) is 0 Å². The minimum atomic E-state index is 0.259. The summed E-state index contributed by atoms with van der Waals surface area (Å²) in [5.41, 5.74) is 0. The molecule has 0 aromatic rings. The maximum absolute atomic E-state index is 11.0. The van der Waals surface area contributed by atoms with Crippen molar-refractivity contribution in [1.29, 1.82) is 0 Å². The minimum Gasteiger partial charge on any atom is -0.370 e. The Morgan fingerprint density at radius 1 is 1.55 bits per heavy atom. The highest BCUT2D eigenvalue weighted by Gasteiger charge is 2.31. The highest BCUT2D eigenvalue weighted by Crippen LogP contribution is 2.22. The fourth-order valence-electron chi connectivity index (χ4n) is 1.87. The van der Waals surface area contributed by atoms with E-state index >= 15 is 0 Å². The number of carbonyl (C=O) groups is 1. The molecule has 0 aliphatic carbocycles. The summed E-state index contributed by atoms with van der Waals surface area (Å²) in [6, 6.07) is 0. The van der Waals surface area contributed by atoms with E-state index in [0.717, 1.165) is 25.9 Å². The van der Waals surface area contributed by atoms with E-state index < -0.39 is 0 Å². The van der Waals surface area contributed by atoms with Gasteiger partial charge in [0.1, 0.15) is 6.61 Å². The van der Waals surface area contributed by atoms with Gasteiger partial charge in [-0.15, -0.1) is 0 Å². The number of carbonyl (C=O) groups excluding carboxylic acids is 1. The van der Waals surface area contributed by atoms with Crippen LogP contribution in [0.5, 0.6) is 0 Å². The monoisotopic (exact) mass is 155 g/mol. The Hall–Kier alpha value is -0.410. The quantitative estimate of drug-likeness (QED) is 0.533. The number of hydrogen-bond acceptors (Lipinski definition) is 3. The number of piperidine rings is 1. The first kappa shape index (κ1) is 7.25. The summed E-state index contributed by atoms with van der Waals surface area (Å²) < 4.78 is 5.40. The second-order valence-corrected chi connectivity index (χ2v) is 3.35. The number of nitrogens with one attached hydrogen (secondary N) is 1. The molecule has 0 radical (unpaired) electrons. The Balaban J connectivity index is 1.98. The van der Waals surface area contributed by atoms with Gasteiger partial charge >= 0.3 is 0 Å². The first-order valence-electron chi connectivity index (χ1n) is 4.20. The van der Waals surface area contributed by atoms with Crippen LogP contribution in [0.4, 0.5) is 0 Å². The van der Waals surface area contributed by atoms with Crippen LogP contribution >= 0.6 is 0 Å². The molecule has 2 saturated heterocycles. The van der Waals surface area contributed by atoms with Crippen LogP contribution in [0.3, 0.4) is 0 Å². The van der Waals surface area contributed by atoms with Crippen LogP contribution in [-0.2, 0) is 9.53 Å². The van der Waals surface area contributed by atoms with Gasteiger partial charge in [0.15, 0.2) is 5.78 Å². The van der Waals surface area contributed by atoms with Gasteiger partial charge in [-0.25, -0.2) is 0 Å². The topological polar surface area (TPSA) is 38.3 Å². The van der Waals surface area contributed by atoms with Crippen molar-refractivity contribution in [1.82, 2.24) is 5.32 Å². The average molecular weight is 155 g/mol. The molecule has 62 valence electrons. The van der Waals surface area contributed by atoms with Crippen molar-refractivity contribution in [2.45, 2.75) is 18.9 Å². The Morgan fingerprint density at radius 3 is 3.36 bits per heavy atom. The first-order chi connectivity index (χ1) is 5.36. The lowest BCUT2D eigenvalue weighted by molar-refractivity contribution is -0.137. The van der Waals surface area contributed by atoms with Gasteiger partial charge in [0.25, 0.3) is 0 Å². The van der Waals surface area contributed by atoms with E-state index in [1.807, 2.05) is 0 Å². The number of fused-ring (bicyclic) bond motifs is 1. The van der Waals surface area contributed by atoms with Gasteiger partial charge in [0, 0.05) is 18.9 Å². The lowest BCUT2D eigenvalue weighted by Crippen LogP contribution is -2.46. The van der Waals surface area contributed by atoms with Gasteiger partial charge in [-0.05, 0) is 13.0 Å². The fraction of sp³-hybridized carbons (Fsp3) is 0.875. The van der Waals surface area contributed by atoms with Crippen LogP contribution in [0, 0.1) is 5.92 Å². The van der Waals surface area contributed by atoms with E-state index in [1.54, 1.807) is 0 Å². The van der Waals surface area contributed by atoms with Crippen LogP contribution in [0.25, 0.3) is 0 Å². The summed E-state index contributed by atoms with van der Waals surface area (Å²) >= 11 is 0. The maximum atomic E-state index is 11.0. The highest BCUT2D eigenvalue weighted by molar-refractivity contribution is 5.80. The highest BCUT2D eigenvalue weighted by atomic mass is 16.5. The van der Waals surface area contributed by atoms with E-state index in [1.165, 1.54) is 0 Å². The second-order valence-electron chi connectivity index (χ2n) is 3.35. The zero-order valence-corrected chi connectivity index (χ0v) is 6.51. The molecule has 2 fully saturated rings. The van der Waals surface area contributed by atoms with E-state index in [-0.39, 0.29) is 5.78 Å². The van der Waals surface area contributed by atoms with Crippen molar-refractivity contribution in [3.8, 4) is 0 Å². The van der Waals surface area contributed by atoms with Gasteiger partial charge in [-0.3, -0.25) is 4.79 Å². The molecule has 2 rings (SSSR count). The molecule has 2 aliphatic rings. The molecule has 2 aliphatic heterocycles. The molecular formula is C8H13NO2. The largest absolute Gasteiger partial charge is 0.370 e. The molecule has 0 saturated carbocycles. The van der Waals surface area contributed by atoms with E-state index in [4.69, 9.17) is 4.74 Å². The van der Waals surface area contributed by atoms with Crippen molar-refractivity contribution in [2.75, 3.05) is 19.7 Å². The zero-order valence-electron chi connectivity index (χ0n) is 6.51. The number of hydrogen-bond donors (Lipinski definition) is 1. The Morgan fingerprint density at radius 2 is 2.45 bits per heavy atom. The van der Waals surface area contributed by atoms with Crippen LogP contribution < -0.4 is 5.32 Å². The van der Waals surface area contributed by atoms with Crippen LogP contribution in [-0.4, -0.2) is 31.6 Å². The van der Waals surface area contributed by atoms with Gasteiger partial charge in [0.05, 0.1) is 6.10 Å². The molecule has 0 amide bonds. The molecule has 0 aromatic heterocycles. The van der Waals surface area contributed by atoms with Crippen molar-refractivity contribution in [3.05, 3.63) is 0 Å². The lowest BCUT2D eigenvalue weighted by Gasteiger charge is -2.34. The lowest BCUT2D eigenvalue weighted by atomic mass is 9.89. The Bertz CT molecular complexity index is 169. The third kappa shape index (κ3) is 1.44. The zero-order chi connectivity index (χ0) is 7.68. The van der Waals surface area contributed by atoms with Crippen LogP contribution in [0.15, 0.2) is 0 Å². The predicted molar refractivity (Wildman–Crippen MR) is 40.3 cm³/mol. The van der Waals surface area contributed by atoms with E-state index in [9.17, 15) is 4.79 Å². The minimum absolute atomic E-state index is 0.259. The predicted octanol–water partition coefficient (Wildman–Crippen LogP) is -0.0461. The molecule has 0 aromatic carbocycles. The van der Waals surface area contributed by atoms with Gasteiger partial charge in [0.2, 0.25) is 0 Å². The third-order valence-electron chi connectivity index (χ3n) is 2.49. The van der Waals surface area contributed by atoms with Gasteiger partial charge < -0.3 is 10.1 Å². The Kier molecular flexibility index (Phi) is 1.92. The standard InChI is InChI=1S/C8H13NO2/c10-7-3-6-4-9-2-1-8(6)11-5-7/h6,8-9H,1-5H2. The summed E-state index contributed by atoms with van der Waals surface area (Å²) in [5.74, 6) is 0.708. The van der Waals surface area contributed by atoms with Gasteiger partial charge in [-0.1, -0.05) is 0 Å². The Labute approximate surface area is 66.1 Å². The summed E-state index contributed by atoms with van der Waals surface area (Å²) in [6.45, 7) is 2.34. The molecule has 2 unspecified atom stereocenters. The summed E-state index contributed by atoms with van der Waals surface area (Å²) in [5, 5.41) is 3.27. The number of rotatable bonds is 0. The molecular weight excluding hydrogens is 142 g/mol. The smallest absolute Gasteiger partial charge is 0.158 e. The molecule has 3 nitrogen and oxygen atoms in total.